The third kappa shape index (κ3) is 7.58. The van der Waals surface area contributed by atoms with Crippen LogP contribution in [0.4, 0.5) is 0 Å². The number of nitrogens with zero attached hydrogens (tertiary/aromatic N) is 6. The predicted molar refractivity (Wildman–Crippen MR) is 131 cm³/mol. The van der Waals surface area contributed by atoms with Gasteiger partial charge in [-0.1, -0.05) is 42.5 Å². The van der Waals surface area contributed by atoms with Crippen molar-refractivity contribution in [3.63, 3.8) is 0 Å². The van der Waals surface area contributed by atoms with Crippen molar-refractivity contribution in [3.05, 3.63) is 109 Å². The summed E-state index contributed by atoms with van der Waals surface area (Å²) in [5, 5.41) is 56.5. The van der Waals surface area contributed by atoms with Crippen LogP contribution in [0, 0.1) is 0 Å². The highest BCUT2D eigenvalue weighted by Gasteiger charge is 2.19. The Morgan fingerprint density at radius 3 is 1.49 bits per heavy atom. The van der Waals surface area contributed by atoms with Crippen molar-refractivity contribution in [1.82, 2.24) is 0 Å². The number of benzene rings is 3. The molecule has 0 spiro atoms. The van der Waals surface area contributed by atoms with E-state index in [4.69, 9.17) is 22.1 Å². The van der Waals surface area contributed by atoms with Gasteiger partial charge in [-0.2, -0.15) is 0 Å². The number of ketones is 2. The van der Waals surface area contributed by atoms with E-state index in [0.29, 0.717) is 5.56 Å². The summed E-state index contributed by atoms with van der Waals surface area (Å²) in [4.78, 5) is 25.1. The molecule has 0 saturated heterocycles. The molecule has 190 valence electrons. The minimum atomic E-state index is -0.653. The topological polar surface area (TPSA) is 273 Å². The molecule has 0 fully saturated rings. The van der Waals surface area contributed by atoms with Gasteiger partial charge >= 0.3 is 0 Å². The average Bonchev–Trinajstić information content (AvgIpc) is 2.88. The van der Waals surface area contributed by atoms with Crippen molar-refractivity contribution in [2.45, 2.75) is 6.42 Å². The minimum absolute atomic E-state index is 0.000648. The Bertz CT molecular complexity index is 1340. The molecular weight excluding hydrogens is 488 g/mol. The number of carbonyl (C=O) groups excluding carboxylic acids is 2. The molecule has 3 aromatic carbocycles. The van der Waals surface area contributed by atoms with Crippen LogP contribution < -0.4 is 0 Å². The number of rotatable bonds is 2. The standard InChI is InChI=1S/C13H12O6.C10H6O2.2N3/c14-8-3-1-6(10(16)12(8)18)5-7-2-4-9(15)13(19)11(7)17;11-9-6-5-7-3-1-2-4-8(7)10(9)12;2*1-3-2/h1-4,14-19H,5H2;1-6H;;/q;;2*-1. The maximum atomic E-state index is 11.2. The molecule has 0 unspecified atom stereocenters. The van der Waals surface area contributed by atoms with Gasteiger partial charge in [0.2, 0.25) is 23.1 Å². The maximum Gasteiger partial charge on any atom is 0.233 e. The van der Waals surface area contributed by atoms with E-state index in [0.717, 1.165) is 5.56 Å². The fourth-order valence-corrected chi connectivity index (χ4v) is 2.94. The number of hydrogen-bond donors (Lipinski definition) is 6. The molecule has 0 radical (unpaired) electrons. The summed E-state index contributed by atoms with van der Waals surface area (Å²) in [6.45, 7) is 0. The van der Waals surface area contributed by atoms with Gasteiger partial charge in [0.15, 0.2) is 23.0 Å². The second-order valence-electron chi connectivity index (χ2n) is 6.85. The number of aromatic hydroxyl groups is 6. The zero-order chi connectivity index (χ0) is 28.1. The van der Waals surface area contributed by atoms with E-state index in [1.54, 1.807) is 18.2 Å². The molecule has 0 atom stereocenters. The molecule has 0 aliphatic heterocycles. The molecule has 14 nitrogen and oxygen atoms in total. The van der Waals surface area contributed by atoms with E-state index >= 15 is 0 Å². The lowest BCUT2D eigenvalue weighted by Gasteiger charge is -2.10. The van der Waals surface area contributed by atoms with E-state index in [-0.39, 0.29) is 17.5 Å². The van der Waals surface area contributed by atoms with E-state index in [9.17, 15) is 40.2 Å². The van der Waals surface area contributed by atoms with Gasteiger partial charge in [0.1, 0.15) is 0 Å². The smallest absolute Gasteiger partial charge is 0.233 e. The Morgan fingerprint density at radius 2 is 1.03 bits per heavy atom. The molecule has 0 saturated carbocycles. The van der Waals surface area contributed by atoms with Crippen LogP contribution in [0.1, 0.15) is 27.0 Å². The molecule has 1 aliphatic rings. The Labute approximate surface area is 208 Å². The number of phenolic OH excluding ortho intramolecular Hbond substituents is 6. The number of fused-ring (bicyclic) bond motifs is 1. The first-order chi connectivity index (χ1) is 17.5. The van der Waals surface area contributed by atoms with Crippen LogP contribution >= 0.6 is 0 Å². The highest BCUT2D eigenvalue weighted by Crippen LogP contribution is 2.41. The van der Waals surface area contributed by atoms with Gasteiger partial charge in [-0.05, 0) is 23.8 Å². The maximum absolute atomic E-state index is 11.2. The van der Waals surface area contributed by atoms with E-state index in [2.05, 4.69) is 0 Å². The Balaban J connectivity index is 0.000000324. The lowest BCUT2D eigenvalue weighted by molar-refractivity contribution is -0.110. The van der Waals surface area contributed by atoms with E-state index in [1.807, 2.05) is 12.1 Å². The van der Waals surface area contributed by atoms with Crippen molar-refractivity contribution in [2.75, 3.05) is 0 Å². The lowest BCUT2D eigenvalue weighted by Crippen LogP contribution is -2.15. The Hall–Kier alpha value is -5.84. The molecule has 14 heteroatoms. The van der Waals surface area contributed by atoms with Crippen LogP contribution in [0.2, 0.25) is 0 Å². The molecule has 37 heavy (non-hydrogen) atoms. The van der Waals surface area contributed by atoms with Gasteiger partial charge in [0.05, 0.1) is 0 Å². The van der Waals surface area contributed by atoms with Crippen molar-refractivity contribution < 1.29 is 40.2 Å². The monoisotopic (exact) mass is 506 g/mol. The third-order valence-electron chi connectivity index (χ3n) is 4.65. The van der Waals surface area contributed by atoms with Crippen molar-refractivity contribution >= 4 is 17.6 Å². The van der Waals surface area contributed by atoms with Crippen LogP contribution in [-0.2, 0) is 11.2 Å². The van der Waals surface area contributed by atoms with Gasteiger partial charge in [0, 0.05) is 23.1 Å². The van der Waals surface area contributed by atoms with Crippen LogP contribution in [-0.4, -0.2) is 42.2 Å². The molecule has 0 bridgehead atoms. The number of hydrogen-bond acceptors (Lipinski definition) is 8. The average molecular weight is 506 g/mol. The molecule has 3 aromatic rings. The van der Waals surface area contributed by atoms with Crippen LogP contribution in [0.5, 0.6) is 34.5 Å². The molecule has 0 amide bonds. The second-order valence-corrected chi connectivity index (χ2v) is 6.85. The summed E-state index contributed by atoms with van der Waals surface area (Å²) >= 11 is 0. The van der Waals surface area contributed by atoms with Crippen LogP contribution in [0.25, 0.3) is 38.0 Å². The first kappa shape index (κ1) is 29.2. The Kier molecular flexibility index (Phi) is 10.9. The quantitative estimate of drug-likeness (QED) is 0.0928. The van der Waals surface area contributed by atoms with Gasteiger partial charge in [0.25, 0.3) is 0 Å². The molecule has 0 heterocycles. The number of allylic oxidation sites excluding steroid dienone is 1. The number of carbonyl (C=O) groups is 2. The van der Waals surface area contributed by atoms with Gasteiger partial charge in [-0.25, -0.2) is 0 Å². The van der Waals surface area contributed by atoms with Crippen molar-refractivity contribution in [3.8, 4) is 34.5 Å². The molecule has 1 aliphatic carbocycles. The summed E-state index contributed by atoms with van der Waals surface area (Å²) in [6.07, 6.45) is 2.98. The molecule has 4 rings (SSSR count). The summed E-state index contributed by atoms with van der Waals surface area (Å²) in [6, 6.07) is 12.2. The van der Waals surface area contributed by atoms with Gasteiger partial charge in [-0.15, -0.1) is 0 Å². The predicted octanol–water partition coefficient (Wildman–Crippen LogP) is 4.71. The summed E-state index contributed by atoms with van der Waals surface area (Å²) < 4.78 is 0. The first-order valence-electron chi connectivity index (χ1n) is 9.82. The third-order valence-corrected chi connectivity index (χ3v) is 4.65. The van der Waals surface area contributed by atoms with Crippen molar-refractivity contribution in [1.29, 1.82) is 0 Å². The number of phenols is 6. The highest BCUT2D eigenvalue weighted by atomic mass is 16.3. The SMILES string of the molecule is O=C1C=Cc2ccccc2C1=O.Oc1ccc(Cc2ccc(O)c(O)c2O)c(O)c1O.[N-]=[N+]=[N-].[N-]=[N+]=[N-]. The van der Waals surface area contributed by atoms with Crippen molar-refractivity contribution in [2.24, 2.45) is 0 Å². The van der Waals surface area contributed by atoms with Gasteiger partial charge < -0.3 is 52.8 Å². The zero-order valence-corrected chi connectivity index (χ0v) is 18.7. The molecule has 0 aromatic heterocycles. The summed E-state index contributed by atoms with van der Waals surface area (Å²) in [5.74, 6) is -4.08. The Morgan fingerprint density at radius 1 is 0.595 bits per heavy atom. The van der Waals surface area contributed by atoms with E-state index < -0.39 is 46.1 Å². The fourth-order valence-electron chi connectivity index (χ4n) is 2.94. The van der Waals surface area contributed by atoms with Crippen LogP contribution in [0.3, 0.4) is 0 Å². The van der Waals surface area contributed by atoms with E-state index in [1.165, 1.54) is 40.2 Å². The highest BCUT2D eigenvalue weighted by molar-refractivity contribution is 6.49. The van der Waals surface area contributed by atoms with Crippen LogP contribution in [0.15, 0.2) is 54.6 Å². The fraction of sp³-hybridized carbons (Fsp3) is 0.0435. The summed E-state index contributed by atoms with van der Waals surface area (Å²) in [7, 11) is 0. The molecule has 6 N–H and O–H groups in total. The number of Topliss-reactive ketones (excluding diaryl/α,β-unsaturated/α-hetero) is 1. The molecular formula is C23H18N6O8-2. The second kappa shape index (κ2) is 13.8. The van der Waals surface area contributed by atoms with Gasteiger partial charge in [-0.3, -0.25) is 19.4 Å². The first-order valence-corrected chi connectivity index (χ1v) is 9.82. The minimum Gasteiger partial charge on any atom is -0.504 e. The summed E-state index contributed by atoms with van der Waals surface area (Å²) in [5.41, 5.74) is 28.8. The lowest BCUT2D eigenvalue weighted by atomic mass is 9.96. The zero-order valence-electron chi connectivity index (χ0n) is 18.7. The largest absolute Gasteiger partial charge is 0.504 e. The normalized spacial score (nSPS) is 10.6.